The van der Waals surface area contributed by atoms with Crippen molar-refractivity contribution in [2.75, 3.05) is 19.5 Å². The number of nitrogen functional groups attached to an aromatic ring is 1. The van der Waals surface area contributed by atoms with E-state index in [0.29, 0.717) is 23.4 Å². The number of nitrogens with one attached hydrogen (secondary N) is 1. The number of hydrogen-bond acceptors (Lipinski definition) is 4. The fourth-order valence-corrected chi connectivity index (χ4v) is 1.50. The number of nitrogens with two attached hydrogens (primary N) is 1. The second kappa shape index (κ2) is 6.10. The molecule has 0 radical (unpaired) electrons. The summed E-state index contributed by atoms with van der Waals surface area (Å²) >= 11 is 0. The summed E-state index contributed by atoms with van der Waals surface area (Å²) in [6.07, 6.45) is 0.660. The van der Waals surface area contributed by atoms with Crippen molar-refractivity contribution < 1.29 is 14.6 Å². The Morgan fingerprint density at radius 2 is 2.29 bits per heavy atom. The zero-order chi connectivity index (χ0) is 12.8. The third-order valence-corrected chi connectivity index (χ3v) is 2.54. The summed E-state index contributed by atoms with van der Waals surface area (Å²) in [6, 6.07) is 4.73. The summed E-state index contributed by atoms with van der Waals surface area (Å²) in [6.45, 7) is 1.80. The van der Waals surface area contributed by atoms with E-state index in [2.05, 4.69) is 5.32 Å². The number of carbonyl (C=O) groups is 1. The van der Waals surface area contributed by atoms with Gasteiger partial charge in [-0.1, -0.05) is 13.0 Å². The van der Waals surface area contributed by atoms with E-state index in [4.69, 9.17) is 15.6 Å². The molecule has 94 valence electrons. The minimum Gasteiger partial charge on any atom is -0.494 e. The molecule has 0 aliphatic carbocycles. The fourth-order valence-electron chi connectivity index (χ4n) is 1.50. The lowest BCUT2D eigenvalue weighted by atomic mass is 10.1. The molecule has 4 N–H and O–H groups in total. The number of rotatable bonds is 5. The number of ether oxygens (including phenoxy) is 1. The Hall–Kier alpha value is -1.75. The molecule has 0 bridgehead atoms. The van der Waals surface area contributed by atoms with E-state index in [1.807, 2.05) is 6.92 Å². The molecule has 0 spiro atoms. The minimum absolute atomic E-state index is 0.0904. The normalized spacial score (nSPS) is 11.9. The first kappa shape index (κ1) is 13.3. The molecule has 0 saturated carbocycles. The van der Waals surface area contributed by atoms with Crippen LogP contribution in [0.2, 0.25) is 0 Å². The molecule has 5 heteroatoms. The molecule has 1 aromatic rings. The maximum absolute atomic E-state index is 11.9. The minimum atomic E-state index is -0.296. The van der Waals surface area contributed by atoms with Crippen molar-refractivity contribution in [3.8, 4) is 5.75 Å². The van der Waals surface area contributed by atoms with Crippen molar-refractivity contribution in [3.05, 3.63) is 23.8 Å². The maximum atomic E-state index is 11.9. The highest BCUT2D eigenvalue weighted by Gasteiger charge is 2.16. The fraction of sp³-hybridized carbons (Fsp3) is 0.417. The summed E-state index contributed by atoms with van der Waals surface area (Å²) in [5.41, 5.74) is 6.50. The van der Waals surface area contributed by atoms with Crippen LogP contribution in [-0.2, 0) is 0 Å². The predicted octanol–water partition coefficient (Wildman–Crippen LogP) is 0.778. The molecular formula is C12H18N2O3. The second-order valence-corrected chi connectivity index (χ2v) is 3.69. The van der Waals surface area contributed by atoms with Crippen LogP contribution in [0.5, 0.6) is 5.75 Å². The third kappa shape index (κ3) is 3.10. The quantitative estimate of drug-likeness (QED) is 0.662. The highest BCUT2D eigenvalue weighted by molar-refractivity contribution is 5.98. The highest BCUT2D eigenvalue weighted by Crippen LogP contribution is 2.25. The topological polar surface area (TPSA) is 84.6 Å². The lowest BCUT2D eigenvalue weighted by Gasteiger charge is -2.16. The van der Waals surface area contributed by atoms with Crippen LogP contribution in [-0.4, -0.2) is 30.8 Å². The number of carbonyl (C=O) groups excluding carboxylic acids is 1. The number of benzene rings is 1. The monoisotopic (exact) mass is 238 g/mol. The van der Waals surface area contributed by atoms with E-state index < -0.39 is 0 Å². The number of amides is 1. The number of methoxy groups -OCH3 is 1. The van der Waals surface area contributed by atoms with Gasteiger partial charge in [-0.15, -0.1) is 0 Å². The first-order chi connectivity index (χ1) is 8.13. The molecule has 0 aliphatic heterocycles. The first-order valence-electron chi connectivity index (χ1n) is 5.48. The van der Waals surface area contributed by atoms with Crippen molar-refractivity contribution in [1.29, 1.82) is 0 Å². The summed E-state index contributed by atoms with van der Waals surface area (Å²) in [5, 5.41) is 11.7. The van der Waals surface area contributed by atoms with Crippen LogP contribution in [0.3, 0.4) is 0 Å². The Morgan fingerprint density at radius 1 is 1.59 bits per heavy atom. The molecule has 0 saturated heterocycles. The number of para-hydroxylation sites is 1. The van der Waals surface area contributed by atoms with Crippen LogP contribution in [0, 0.1) is 0 Å². The molecule has 1 amide bonds. The third-order valence-electron chi connectivity index (χ3n) is 2.54. The van der Waals surface area contributed by atoms with E-state index in [1.165, 1.54) is 7.11 Å². The van der Waals surface area contributed by atoms with Gasteiger partial charge in [-0.25, -0.2) is 0 Å². The first-order valence-corrected chi connectivity index (χ1v) is 5.48. The van der Waals surface area contributed by atoms with Crippen LogP contribution < -0.4 is 15.8 Å². The van der Waals surface area contributed by atoms with Gasteiger partial charge in [-0.2, -0.15) is 0 Å². The molecule has 0 aromatic heterocycles. The molecular weight excluding hydrogens is 220 g/mol. The number of anilines is 1. The SMILES string of the molecule is CC[C@@H](CO)NC(=O)c1cccc(N)c1OC. The number of hydrogen-bond donors (Lipinski definition) is 3. The Morgan fingerprint density at radius 3 is 2.82 bits per heavy atom. The highest BCUT2D eigenvalue weighted by atomic mass is 16.5. The van der Waals surface area contributed by atoms with Gasteiger partial charge in [0.2, 0.25) is 0 Å². The lowest BCUT2D eigenvalue weighted by Crippen LogP contribution is -2.37. The van der Waals surface area contributed by atoms with Crippen LogP contribution >= 0.6 is 0 Å². The van der Waals surface area contributed by atoms with E-state index in [1.54, 1.807) is 18.2 Å². The Bertz CT molecular complexity index is 389. The van der Waals surface area contributed by atoms with Crippen LogP contribution in [0.15, 0.2) is 18.2 Å². The maximum Gasteiger partial charge on any atom is 0.255 e. The van der Waals surface area contributed by atoms with E-state index in [9.17, 15) is 4.79 Å². The van der Waals surface area contributed by atoms with Gasteiger partial charge in [-0.05, 0) is 18.6 Å². The summed E-state index contributed by atoms with van der Waals surface area (Å²) < 4.78 is 5.10. The van der Waals surface area contributed by atoms with Crippen LogP contribution in [0.4, 0.5) is 5.69 Å². The van der Waals surface area contributed by atoms with E-state index in [0.717, 1.165) is 0 Å². The molecule has 1 atom stereocenters. The van der Waals surface area contributed by atoms with Gasteiger partial charge in [0.15, 0.2) is 5.75 Å². The van der Waals surface area contributed by atoms with Crippen molar-refractivity contribution >= 4 is 11.6 Å². The molecule has 0 fully saturated rings. The summed E-state index contributed by atoms with van der Waals surface area (Å²) in [5.74, 6) is 0.0628. The molecule has 0 aliphatic rings. The van der Waals surface area contributed by atoms with Crippen molar-refractivity contribution in [2.24, 2.45) is 0 Å². The van der Waals surface area contributed by atoms with Crippen molar-refractivity contribution in [1.82, 2.24) is 5.32 Å². The smallest absolute Gasteiger partial charge is 0.255 e. The van der Waals surface area contributed by atoms with Crippen molar-refractivity contribution in [2.45, 2.75) is 19.4 Å². The Labute approximate surface area is 101 Å². The predicted molar refractivity (Wildman–Crippen MR) is 66.0 cm³/mol. The summed E-state index contributed by atoms with van der Waals surface area (Å²) in [7, 11) is 1.46. The molecule has 5 nitrogen and oxygen atoms in total. The molecule has 1 rings (SSSR count). The molecule has 1 aromatic carbocycles. The standard InChI is InChI=1S/C12H18N2O3/c1-3-8(7-15)14-12(16)9-5-4-6-10(13)11(9)17-2/h4-6,8,15H,3,7,13H2,1-2H3,(H,14,16)/t8-/m0/s1. The average molecular weight is 238 g/mol. The van der Waals surface area contributed by atoms with Gasteiger partial charge >= 0.3 is 0 Å². The van der Waals surface area contributed by atoms with Gasteiger partial charge < -0.3 is 20.9 Å². The van der Waals surface area contributed by atoms with E-state index >= 15 is 0 Å². The zero-order valence-corrected chi connectivity index (χ0v) is 10.1. The van der Waals surface area contributed by atoms with Gasteiger partial charge in [0, 0.05) is 0 Å². The number of aliphatic hydroxyl groups excluding tert-OH is 1. The largest absolute Gasteiger partial charge is 0.494 e. The lowest BCUT2D eigenvalue weighted by molar-refractivity contribution is 0.0912. The second-order valence-electron chi connectivity index (χ2n) is 3.69. The summed E-state index contributed by atoms with van der Waals surface area (Å²) in [4.78, 5) is 11.9. The van der Waals surface area contributed by atoms with Crippen LogP contribution in [0.25, 0.3) is 0 Å². The zero-order valence-electron chi connectivity index (χ0n) is 10.1. The molecule has 0 unspecified atom stereocenters. The van der Waals surface area contributed by atoms with E-state index in [-0.39, 0.29) is 18.6 Å². The molecule has 0 heterocycles. The van der Waals surface area contributed by atoms with Gasteiger partial charge in [-0.3, -0.25) is 4.79 Å². The average Bonchev–Trinajstić information content (AvgIpc) is 2.35. The number of aliphatic hydroxyl groups is 1. The molecule has 17 heavy (non-hydrogen) atoms. The van der Waals surface area contributed by atoms with Gasteiger partial charge in [0.25, 0.3) is 5.91 Å². The van der Waals surface area contributed by atoms with Gasteiger partial charge in [0.05, 0.1) is 31.0 Å². The Kier molecular flexibility index (Phi) is 4.78. The van der Waals surface area contributed by atoms with Crippen LogP contribution in [0.1, 0.15) is 23.7 Å². The Balaban J connectivity index is 2.92. The van der Waals surface area contributed by atoms with Gasteiger partial charge in [0.1, 0.15) is 0 Å². The van der Waals surface area contributed by atoms with Crippen molar-refractivity contribution in [3.63, 3.8) is 0 Å².